The fraction of sp³-hybridized carbons (Fsp3) is 0.600. The van der Waals surface area contributed by atoms with Crippen LogP contribution in [0.15, 0.2) is 54.1 Å². The molecule has 0 aromatic heterocycles. The SMILES string of the molecule is C[Si](C)(C)C1([Si](C)(C)C)CCC([Si](C)(C)C)([Si](C)(C)C)[Si]12OC(c1ccc(C(F)(F)F)cc1)=C1C=CC=CC12. The zero-order chi connectivity index (χ0) is 29.7. The second kappa shape index (κ2) is 9.06. The van der Waals surface area contributed by atoms with E-state index >= 15 is 0 Å². The molecule has 0 saturated carbocycles. The topological polar surface area (TPSA) is 9.23 Å². The number of allylic oxidation sites excluding steroid dienone is 5. The number of hydrogen-bond acceptors (Lipinski definition) is 1. The Balaban J connectivity index is 2.13. The monoisotopic (exact) mass is 622 g/mol. The average molecular weight is 623 g/mol. The quantitative estimate of drug-likeness (QED) is 0.297. The van der Waals surface area contributed by atoms with Crippen molar-refractivity contribution in [3.05, 3.63) is 65.3 Å². The van der Waals surface area contributed by atoms with Crippen molar-refractivity contribution in [2.45, 2.75) is 112 Å². The molecule has 1 aromatic rings. The molecule has 1 aliphatic carbocycles. The van der Waals surface area contributed by atoms with E-state index in [-0.39, 0.29) is 14.1 Å². The molecule has 216 valence electrons. The van der Waals surface area contributed by atoms with Crippen molar-refractivity contribution >= 4 is 46.4 Å². The molecule has 9 heteroatoms. The Morgan fingerprint density at radius 3 is 1.54 bits per heavy atom. The summed E-state index contributed by atoms with van der Waals surface area (Å²) in [6, 6.07) is 5.79. The summed E-state index contributed by atoms with van der Waals surface area (Å²) in [5.41, 5.74) is 1.68. The number of halogens is 3. The Bertz CT molecular complexity index is 1150. The first-order chi connectivity index (χ1) is 17.5. The van der Waals surface area contributed by atoms with Gasteiger partial charge in [-0.3, -0.25) is 0 Å². The van der Waals surface area contributed by atoms with Gasteiger partial charge in [-0.25, -0.2) is 0 Å². The highest BCUT2D eigenvalue weighted by molar-refractivity contribution is 7.26. The Morgan fingerprint density at radius 2 is 1.15 bits per heavy atom. The predicted molar refractivity (Wildman–Crippen MR) is 175 cm³/mol. The van der Waals surface area contributed by atoms with Crippen molar-refractivity contribution in [2.24, 2.45) is 0 Å². The first-order valence-electron chi connectivity index (χ1n) is 14.5. The summed E-state index contributed by atoms with van der Waals surface area (Å²) < 4.78 is 48.9. The van der Waals surface area contributed by atoms with Crippen molar-refractivity contribution in [1.29, 1.82) is 0 Å². The van der Waals surface area contributed by atoms with E-state index in [0.717, 1.165) is 11.3 Å². The molecule has 1 spiro atoms. The minimum absolute atomic E-state index is 0.229. The highest BCUT2D eigenvalue weighted by atomic mass is 28.5. The molecule has 0 N–H and O–H groups in total. The fourth-order valence-electron chi connectivity index (χ4n) is 10.2. The zero-order valence-corrected chi connectivity index (χ0v) is 31.2. The van der Waals surface area contributed by atoms with Gasteiger partial charge in [0.1, 0.15) is 5.76 Å². The van der Waals surface area contributed by atoms with Crippen LogP contribution in [0.2, 0.25) is 92.7 Å². The van der Waals surface area contributed by atoms with Gasteiger partial charge in [0.2, 0.25) is 0 Å². The maximum atomic E-state index is 13.5. The predicted octanol–water partition coefficient (Wildman–Crippen LogP) is 10.7. The molecule has 1 saturated heterocycles. The Morgan fingerprint density at radius 1 is 0.718 bits per heavy atom. The van der Waals surface area contributed by atoms with Gasteiger partial charge in [0, 0.05) is 49.0 Å². The van der Waals surface area contributed by atoms with Gasteiger partial charge in [0.05, 0.1) is 5.56 Å². The van der Waals surface area contributed by atoms with Crippen LogP contribution in [0.3, 0.4) is 0 Å². The van der Waals surface area contributed by atoms with Crippen molar-refractivity contribution in [3.8, 4) is 0 Å². The molecule has 2 aliphatic heterocycles. The molecule has 0 radical (unpaired) electrons. The molecule has 2 heterocycles. The molecule has 0 bridgehead atoms. The van der Waals surface area contributed by atoms with Crippen LogP contribution in [0.25, 0.3) is 5.76 Å². The third-order valence-electron chi connectivity index (χ3n) is 10.7. The molecular weight excluding hydrogens is 574 g/mol. The highest BCUT2D eigenvalue weighted by Gasteiger charge is 2.86. The van der Waals surface area contributed by atoms with E-state index in [1.807, 2.05) is 0 Å². The number of hydrogen-bond donors (Lipinski definition) is 0. The maximum absolute atomic E-state index is 13.5. The van der Waals surface area contributed by atoms with E-state index in [2.05, 4.69) is 103 Å². The van der Waals surface area contributed by atoms with E-state index in [9.17, 15) is 13.2 Å². The lowest BCUT2D eigenvalue weighted by molar-refractivity contribution is -0.137. The van der Waals surface area contributed by atoms with Crippen LogP contribution in [0, 0.1) is 0 Å². The number of benzene rings is 1. The van der Waals surface area contributed by atoms with Crippen molar-refractivity contribution in [1.82, 2.24) is 0 Å². The molecule has 4 rings (SSSR count). The largest absolute Gasteiger partial charge is 0.542 e. The smallest absolute Gasteiger partial charge is 0.416 e. The van der Waals surface area contributed by atoms with Gasteiger partial charge in [-0.1, -0.05) is 128 Å². The number of alkyl halides is 3. The van der Waals surface area contributed by atoms with Crippen LogP contribution in [0.5, 0.6) is 0 Å². The summed E-state index contributed by atoms with van der Waals surface area (Å²) in [6.07, 6.45) is 7.22. The third kappa shape index (κ3) is 4.06. The highest BCUT2D eigenvalue weighted by Crippen LogP contribution is 2.81. The van der Waals surface area contributed by atoms with Gasteiger partial charge in [0.15, 0.2) is 0 Å². The van der Waals surface area contributed by atoms with Crippen molar-refractivity contribution < 1.29 is 17.6 Å². The lowest BCUT2D eigenvalue weighted by Gasteiger charge is -2.66. The van der Waals surface area contributed by atoms with E-state index in [4.69, 9.17) is 4.43 Å². The molecular formula is C30H49F3OSi5. The summed E-state index contributed by atoms with van der Waals surface area (Å²) >= 11 is 0. The summed E-state index contributed by atoms with van der Waals surface area (Å²) in [5, 5.41) is 0. The average Bonchev–Trinajstić information content (AvgIpc) is 3.28. The lowest BCUT2D eigenvalue weighted by Crippen LogP contribution is -2.77. The normalized spacial score (nSPS) is 24.3. The Kier molecular flexibility index (Phi) is 7.21. The van der Waals surface area contributed by atoms with Crippen molar-refractivity contribution in [2.75, 3.05) is 0 Å². The summed E-state index contributed by atoms with van der Waals surface area (Å²) in [7, 11) is -10.0. The minimum Gasteiger partial charge on any atom is -0.542 e. The van der Waals surface area contributed by atoms with Gasteiger partial charge in [-0.05, 0) is 20.7 Å². The summed E-state index contributed by atoms with van der Waals surface area (Å²) in [4.78, 5) is 0. The molecule has 1 unspecified atom stereocenters. The Hall–Kier alpha value is -0.886. The summed E-state index contributed by atoms with van der Waals surface area (Å²) in [6.45, 7) is 31.2. The van der Waals surface area contributed by atoms with Crippen LogP contribution in [0.1, 0.15) is 24.0 Å². The van der Waals surface area contributed by atoms with E-state index < -0.39 is 52.4 Å². The van der Waals surface area contributed by atoms with E-state index in [1.54, 1.807) is 12.1 Å². The van der Waals surface area contributed by atoms with Gasteiger partial charge in [-0.2, -0.15) is 13.2 Å². The lowest BCUT2D eigenvalue weighted by atomic mass is 10.0. The zero-order valence-electron chi connectivity index (χ0n) is 26.2. The first-order valence-corrected chi connectivity index (χ1v) is 30.4. The molecule has 3 aliphatic rings. The van der Waals surface area contributed by atoms with Crippen LogP contribution in [-0.4, -0.2) is 40.6 Å². The van der Waals surface area contributed by atoms with Gasteiger partial charge >= 0.3 is 6.18 Å². The molecule has 39 heavy (non-hydrogen) atoms. The minimum atomic E-state index is -4.35. The molecule has 1 nitrogen and oxygen atoms in total. The van der Waals surface area contributed by atoms with Crippen LogP contribution < -0.4 is 0 Å². The van der Waals surface area contributed by atoms with Gasteiger partial charge < -0.3 is 4.43 Å². The van der Waals surface area contributed by atoms with E-state index in [1.165, 1.54) is 30.5 Å². The summed E-state index contributed by atoms with van der Waals surface area (Å²) in [5.74, 6) is 0.879. The fourth-order valence-corrected chi connectivity index (χ4v) is 61.0. The second-order valence-corrected chi connectivity index (χ2v) is 44.6. The molecule has 0 amide bonds. The van der Waals surface area contributed by atoms with Gasteiger partial charge in [-0.15, -0.1) is 0 Å². The van der Waals surface area contributed by atoms with Gasteiger partial charge in [0.25, 0.3) is 8.32 Å². The number of rotatable bonds is 5. The van der Waals surface area contributed by atoms with Crippen LogP contribution >= 0.6 is 0 Å². The van der Waals surface area contributed by atoms with Crippen LogP contribution in [0.4, 0.5) is 13.2 Å². The third-order valence-corrected chi connectivity index (χ3v) is 49.4. The molecule has 1 fully saturated rings. The van der Waals surface area contributed by atoms with Crippen LogP contribution in [-0.2, 0) is 10.6 Å². The maximum Gasteiger partial charge on any atom is 0.416 e. The second-order valence-electron chi connectivity index (χ2n) is 16.2. The van der Waals surface area contributed by atoms with E-state index in [0.29, 0.717) is 0 Å². The standard InChI is InChI=1S/C30H49F3OSi5/c1-35(2,3)28(36(4,5)6)21-22-29(37(7,8)9,38(10,11)12)39(28)26-16-14-13-15-25(26)27(34-39)23-17-19-24(20-18-23)30(31,32)33/h13-20,26H,21-22H2,1-12H3. The number of fused-ring (bicyclic) bond motifs is 2. The molecule has 1 atom stereocenters. The molecule has 1 aromatic carbocycles. The van der Waals surface area contributed by atoms with Crippen molar-refractivity contribution in [3.63, 3.8) is 0 Å². The Labute approximate surface area is 240 Å². The first kappa shape index (κ1) is 31.1.